The molecule has 8 nitrogen and oxygen atoms in total. The number of rotatable bonds is 5. The Labute approximate surface area is 170 Å². The predicted molar refractivity (Wildman–Crippen MR) is 108 cm³/mol. The lowest BCUT2D eigenvalue weighted by Gasteiger charge is -2.14. The van der Waals surface area contributed by atoms with Crippen LogP contribution in [0.4, 0.5) is 5.00 Å². The Morgan fingerprint density at radius 3 is 2.69 bits per heavy atom. The van der Waals surface area contributed by atoms with Crippen molar-refractivity contribution in [3.05, 3.63) is 52.2 Å². The molecule has 1 aromatic carbocycles. The summed E-state index contributed by atoms with van der Waals surface area (Å²) in [6, 6.07) is 4.79. The summed E-state index contributed by atoms with van der Waals surface area (Å²) >= 11 is 1.35. The summed E-state index contributed by atoms with van der Waals surface area (Å²) in [5, 5.41) is 3.10. The van der Waals surface area contributed by atoms with Crippen molar-refractivity contribution < 1.29 is 19.1 Å². The zero-order valence-electron chi connectivity index (χ0n) is 15.6. The predicted octanol–water partition coefficient (Wildman–Crippen LogP) is 2.46. The first-order valence-electron chi connectivity index (χ1n) is 9.11. The zero-order chi connectivity index (χ0) is 20.5. The number of nitrogens with zero attached hydrogens (tertiary/aromatic N) is 2. The molecule has 3 N–H and O–H groups in total. The molecule has 1 atom stereocenters. The van der Waals surface area contributed by atoms with Crippen LogP contribution in [0.1, 0.15) is 44.5 Å². The first kappa shape index (κ1) is 19.0. The molecule has 0 aliphatic heterocycles. The molecule has 3 aromatic rings. The van der Waals surface area contributed by atoms with Crippen LogP contribution in [-0.4, -0.2) is 33.9 Å². The van der Waals surface area contributed by atoms with E-state index in [1.807, 2.05) is 0 Å². The average molecular weight is 410 g/mol. The van der Waals surface area contributed by atoms with E-state index >= 15 is 0 Å². The van der Waals surface area contributed by atoms with Crippen molar-refractivity contribution in [1.82, 2.24) is 9.97 Å². The molecule has 0 bridgehead atoms. The Kier molecular flexibility index (Phi) is 4.98. The largest absolute Gasteiger partial charge is 0.449 e. The van der Waals surface area contributed by atoms with Gasteiger partial charge in [0.05, 0.1) is 22.2 Å². The van der Waals surface area contributed by atoms with Crippen LogP contribution in [0.5, 0.6) is 0 Å². The first-order valence-corrected chi connectivity index (χ1v) is 9.92. The Hall–Kier alpha value is -3.33. The van der Waals surface area contributed by atoms with E-state index in [4.69, 9.17) is 10.5 Å². The number of esters is 1. The molecule has 2 heterocycles. The monoisotopic (exact) mass is 410 g/mol. The van der Waals surface area contributed by atoms with Crippen LogP contribution in [0.25, 0.3) is 11.0 Å². The van der Waals surface area contributed by atoms with Gasteiger partial charge in [0.25, 0.3) is 11.8 Å². The first-order chi connectivity index (χ1) is 13.9. The summed E-state index contributed by atoms with van der Waals surface area (Å²) in [4.78, 5) is 46.2. The Morgan fingerprint density at radius 1 is 1.17 bits per heavy atom. The number of hydrogen-bond donors (Lipinski definition) is 2. The van der Waals surface area contributed by atoms with Crippen LogP contribution >= 0.6 is 11.3 Å². The summed E-state index contributed by atoms with van der Waals surface area (Å²) in [6.45, 7) is 1.47. The molecule has 1 aliphatic carbocycles. The summed E-state index contributed by atoms with van der Waals surface area (Å²) in [5.41, 5.74) is 8.26. The Morgan fingerprint density at radius 2 is 1.93 bits per heavy atom. The highest BCUT2D eigenvalue weighted by Gasteiger charge is 2.28. The van der Waals surface area contributed by atoms with Gasteiger partial charge in [-0.1, -0.05) is 0 Å². The van der Waals surface area contributed by atoms with Crippen LogP contribution in [0.2, 0.25) is 0 Å². The third-order valence-electron chi connectivity index (χ3n) is 4.76. The number of aromatic nitrogens is 2. The fourth-order valence-electron chi connectivity index (χ4n) is 3.34. The quantitative estimate of drug-likeness (QED) is 0.623. The van der Waals surface area contributed by atoms with Crippen LogP contribution < -0.4 is 11.1 Å². The van der Waals surface area contributed by atoms with Gasteiger partial charge < -0.3 is 15.8 Å². The van der Waals surface area contributed by atoms with Gasteiger partial charge >= 0.3 is 5.97 Å². The van der Waals surface area contributed by atoms with E-state index in [1.54, 1.807) is 24.4 Å². The highest BCUT2D eigenvalue weighted by atomic mass is 32.1. The van der Waals surface area contributed by atoms with Crippen LogP contribution in [0, 0.1) is 0 Å². The van der Waals surface area contributed by atoms with E-state index in [1.165, 1.54) is 24.5 Å². The molecule has 2 amide bonds. The van der Waals surface area contributed by atoms with Gasteiger partial charge in [-0.15, -0.1) is 11.3 Å². The normalized spacial score (nSPS) is 13.7. The molecule has 148 valence electrons. The summed E-state index contributed by atoms with van der Waals surface area (Å²) in [7, 11) is 0. The third-order valence-corrected chi connectivity index (χ3v) is 5.97. The van der Waals surface area contributed by atoms with Crippen molar-refractivity contribution in [3.63, 3.8) is 0 Å². The van der Waals surface area contributed by atoms with Crippen LogP contribution in [0.15, 0.2) is 30.6 Å². The number of benzene rings is 1. The van der Waals surface area contributed by atoms with E-state index in [0.29, 0.717) is 21.6 Å². The van der Waals surface area contributed by atoms with E-state index in [-0.39, 0.29) is 5.56 Å². The number of amides is 2. The lowest BCUT2D eigenvalue weighted by molar-refractivity contribution is -0.123. The number of ether oxygens (including phenoxy) is 1. The molecule has 0 saturated carbocycles. The molecule has 0 radical (unpaired) electrons. The van der Waals surface area contributed by atoms with Gasteiger partial charge in [0.15, 0.2) is 6.10 Å². The number of thiophene rings is 1. The molecular weight excluding hydrogens is 392 g/mol. The van der Waals surface area contributed by atoms with E-state index in [0.717, 1.165) is 29.7 Å². The van der Waals surface area contributed by atoms with Crippen molar-refractivity contribution >= 4 is 45.2 Å². The summed E-state index contributed by atoms with van der Waals surface area (Å²) in [5.74, 6) is -1.74. The number of hydrogen-bond acceptors (Lipinski definition) is 7. The summed E-state index contributed by atoms with van der Waals surface area (Å²) < 4.78 is 5.29. The van der Waals surface area contributed by atoms with E-state index in [2.05, 4.69) is 15.3 Å². The van der Waals surface area contributed by atoms with Gasteiger partial charge in [-0.05, 0) is 49.9 Å². The maximum absolute atomic E-state index is 12.5. The van der Waals surface area contributed by atoms with Gasteiger partial charge in [0, 0.05) is 17.3 Å². The molecule has 0 spiro atoms. The number of fused-ring (bicyclic) bond motifs is 2. The molecule has 1 aliphatic rings. The minimum atomic E-state index is -1.06. The molecule has 29 heavy (non-hydrogen) atoms. The second-order valence-electron chi connectivity index (χ2n) is 6.72. The van der Waals surface area contributed by atoms with Crippen LogP contribution in [0.3, 0.4) is 0 Å². The number of primary amides is 1. The lowest BCUT2D eigenvalue weighted by atomic mass is 10.1. The summed E-state index contributed by atoms with van der Waals surface area (Å²) in [6.07, 6.45) is 4.65. The van der Waals surface area contributed by atoms with Crippen molar-refractivity contribution in [2.75, 3.05) is 5.32 Å². The second-order valence-corrected chi connectivity index (χ2v) is 7.83. The fourth-order valence-corrected chi connectivity index (χ4v) is 4.64. The maximum atomic E-state index is 12.5. The van der Waals surface area contributed by atoms with Gasteiger partial charge in [-0.2, -0.15) is 0 Å². The van der Waals surface area contributed by atoms with Crippen molar-refractivity contribution in [2.24, 2.45) is 5.73 Å². The second kappa shape index (κ2) is 7.59. The number of carbonyl (C=O) groups is 3. The number of carbonyl (C=O) groups excluding carboxylic acids is 3. The standard InChI is InChI=1S/C20H18N4O4S/c1-10(28-20(27)11-5-6-13-14(9-11)23-8-7-22-13)18(26)24-19-16(17(21)25)12-3-2-4-15(12)29-19/h5-10H,2-4H2,1H3,(H2,21,25)(H,24,26)/t10-/m1/s1. The molecule has 0 fully saturated rings. The lowest BCUT2D eigenvalue weighted by Crippen LogP contribution is -2.30. The van der Waals surface area contributed by atoms with Crippen molar-refractivity contribution in [3.8, 4) is 0 Å². The van der Waals surface area contributed by atoms with Gasteiger partial charge in [-0.3, -0.25) is 19.6 Å². The topological polar surface area (TPSA) is 124 Å². The average Bonchev–Trinajstić information content (AvgIpc) is 3.27. The molecule has 2 aromatic heterocycles. The highest BCUT2D eigenvalue weighted by molar-refractivity contribution is 7.17. The molecule has 0 unspecified atom stereocenters. The maximum Gasteiger partial charge on any atom is 0.338 e. The van der Waals surface area contributed by atoms with E-state index < -0.39 is 23.9 Å². The van der Waals surface area contributed by atoms with Crippen LogP contribution in [-0.2, 0) is 22.4 Å². The number of nitrogens with two attached hydrogens (primary N) is 1. The zero-order valence-corrected chi connectivity index (χ0v) is 16.4. The molecule has 9 heteroatoms. The number of anilines is 1. The molecular formula is C20H18N4O4S. The Bertz CT molecular complexity index is 1140. The SMILES string of the molecule is C[C@@H](OC(=O)c1ccc2nccnc2c1)C(=O)Nc1sc2c(c1C(N)=O)CCC2. The smallest absolute Gasteiger partial charge is 0.338 e. The van der Waals surface area contributed by atoms with Gasteiger partial charge in [-0.25, -0.2) is 4.79 Å². The van der Waals surface area contributed by atoms with Gasteiger partial charge in [0.2, 0.25) is 0 Å². The third kappa shape index (κ3) is 3.68. The van der Waals surface area contributed by atoms with Crippen molar-refractivity contribution in [2.45, 2.75) is 32.3 Å². The molecule has 0 saturated heterocycles. The fraction of sp³-hybridized carbons (Fsp3) is 0.250. The van der Waals surface area contributed by atoms with Crippen molar-refractivity contribution in [1.29, 1.82) is 0 Å². The van der Waals surface area contributed by atoms with E-state index in [9.17, 15) is 14.4 Å². The van der Waals surface area contributed by atoms with Gasteiger partial charge in [0.1, 0.15) is 5.00 Å². The molecule has 4 rings (SSSR count). The minimum Gasteiger partial charge on any atom is -0.449 e. The number of aryl methyl sites for hydroxylation is 1. The Balaban J connectivity index is 1.47. The highest BCUT2D eigenvalue weighted by Crippen LogP contribution is 2.38. The number of nitrogens with one attached hydrogen (secondary N) is 1. The minimum absolute atomic E-state index is 0.269.